The van der Waals surface area contributed by atoms with Crippen molar-refractivity contribution >= 4 is 16.2 Å². The number of hydrogen-bond donors (Lipinski definition) is 2. The Labute approximate surface area is 96.7 Å². The second-order valence-electron chi connectivity index (χ2n) is 3.03. The predicted octanol–water partition coefficient (Wildman–Crippen LogP) is -0.0757. The van der Waals surface area contributed by atoms with Crippen LogP contribution in [-0.4, -0.2) is 39.8 Å². The van der Waals surface area contributed by atoms with Gasteiger partial charge in [-0.15, -0.1) is 0 Å². The van der Waals surface area contributed by atoms with Crippen molar-refractivity contribution in [3.63, 3.8) is 0 Å². The summed E-state index contributed by atoms with van der Waals surface area (Å²) < 4.78 is 64.8. The number of carbonyl (C=O) groups is 1. The van der Waals surface area contributed by atoms with Crippen LogP contribution in [0.3, 0.4) is 0 Å². The summed E-state index contributed by atoms with van der Waals surface area (Å²) in [6.07, 6.45) is -4.66. The first-order valence-corrected chi connectivity index (χ1v) is 6.06. The molecule has 0 aliphatic carbocycles. The van der Waals surface area contributed by atoms with Crippen molar-refractivity contribution in [3.05, 3.63) is 0 Å². The first kappa shape index (κ1) is 16.1. The Hall–Kier alpha value is -0.870. The lowest BCUT2D eigenvalue weighted by atomic mass is 10.4. The van der Waals surface area contributed by atoms with Crippen molar-refractivity contribution in [1.82, 2.24) is 9.44 Å². The van der Waals surface area contributed by atoms with Crippen molar-refractivity contribution in [2.24, 2.45) is 0 Å². The fraction of sp³-hybridized carbons (Fsp3) is 0.857. The van der Waals surface area contributed by atoms with E-state index in [0.717, 1.165) is 6.92 Å². The summed E-state index contributed by atoms with van der Waals surface area (Å²) in [5.74, 6) is -0.870. The molecule has 0 aromatic rings. The maximum atomic E-state index is 11.8. The van der Waals surface area contributed by atoms with Crippen molar-refractivity contribution in [2.75, 3.05) is 13.2 Å². The average Bonchev–Trinajstić information content (AvgIpc) is 2.14. The molecule has 0 saturated heterocycles. The zero-order chi connectivity index (χ0) is 13.7. The van der Waals surface area contributed by atoms with Gasteiger partial charge in [0.15, 0.2) is 0 Å². The third-order valence-electron chi connectivity index (χ3n) is 1.43. The largest absolute Gasteiger partial charge is 0.465 e. The molecule has 0 bridgehead atoms. The molecular formula is C7H13F3N2O4S. The Morgan fingerprint density at radius 1 is 1.41 bits per heavy atom. The predicted molar refractivity (Wildman–Crippen MR) is 52.2 cm³/mol. The zero-order valence-electron chi connectivity index (χ0n) is 9.17. The molecule has 0 saturated carbocycles. The molecule has 6 nitrogen and oxygen atoms in total. The van der Waals surface area contributed by atoms with E-state index in [1.54, 1.807) is 4.72 Å². The van der Waals surface area contributed by atoms with Gasteiger partial charge in [-0.3, -0.25) is 4.79 Å². The Balaban J connectivity index is 4.31. The number of nitrogens with one attached hydrogen (secondary N) is 2. The van der Waals surface area contributed by atoms with Crippen LogP contribution in [0.15, 0.2) is 0 Å². The van der Waals surface area contributed by atoms with Gasteiger partial charge < -0.3 is 4.74 Å². The second kappa shape index (κ2) is 6.17. The van der Waals surface area contributed by atoms with Crippen LogP contribution in [0.1, 0.15) is 13.8 Å². The standard InChI is InChI=1S/C7H13F3N2O4S/c1-3-16-6(13)5(2)12-17(14,15)11-4-7(8,9)10/h5,11-12H,3-4H2,1-2H3. The first-order chi connectivity index (χ1) is 7.57. The molecule has 0 rings (SSSR count). The molecule has 10 heteroatoms. The van der Waals surface area contributed by atoms with E-state index in [2.05, 4.69) is 4.74 Å². The van der Waals surface area contributed by atoms with Gasteiger partial charge in [0.05, 0.1) is 6.61 Å². The number of esters is 1. The van der Waals surface area contributed by atoms with Gasteiger partial charge in [-0.1, -0.05) is 0 Å². The molecule has 0 aliphatic rings. The molecule has 0 heterocycles. The van der Waals surface area contributed by atoms with Gasteiger partial charge >= 0.3 is 12.1 Å². The SMILES string of the molecule is CCOC(=O)C(C)NS(=O)(=O)NCC(F)(F)F. The molecule has 102 valence electrons. The number of hydrogen-bond acceptors (Lipinski definition) is 4. The second-order valence-corrected chi connectivity index (χ2v) is 4.56. The van der Waals surface area contributed by atoms with Crippen LogP contribution >= 0.6 is 0 Å². The lowest BCUT2D eigenvalue weighted by Gasteiger charge is -2.14. The Morgan fingerprint density at radius 2 is 1.94 bits per heavy atom. The van der Waals surface area contributed by atoms with E-state index in [9.17, 15) is 26.4 Å². The highest BCUT2D eigenvalue weighted by Gasteiger charge is 2.30. The van der Waals surface area contributed by atoms with Gasteiger partial charge in [-0.2, -0.15) is 31.0 Å². The van der Waals surface area contributed by atoms with E-state index < -0.39 is 34.9 Å². The molecule has 0 aromatic carbocycles. The van der Waals surface area contributed by atoms with Crippen LogP contribution in [0.5, 0.6) is 0 Å². The van der Waals surface area contributed by atoms with Gasteiger partial charge in [-0.05, 0) is 13.8 Å². The maximum absolute atomic E-state index is 11.8. The number of halogens is 3. The smallest absolute Gasteiger partial charge is 0.402 e. The summed E-state index contributed by atoms with van der Waals surface area (Å²) in [4.78, 5) is 11.0. The molecule has 0 amide bonds. The van der Waals surface area contributed by atoms with Crippen LogP contribution in [0.25, 0.3) is 0 Å². The van der Waals surface area contributed by atoms with Crippen molar-refractivity contribution in [2.45, 2.75) is 26.1 Å². The van der Waals surface area contributed by atoms with E-state index >= 15 is 0 Å². The van der Waals surface area contributed by atoms with Crippen LogP contribution in [0.4, 0.5) is 13.2 Å². The Kier molecular flexibility index (Phi) is 5.85. The fourth-order valence-corrected chi connectivity index (χ4v) is 1.77. The Bertz CT molecular complexity index is 355. The van der Waals surface area contributed by atoms with E-state index in [4.69, 9.17) is 0 Å². The molecule has 0 aromatic heterocycles. The minimum Gasteiger partial charge on any atom is -0.465 e. The molecule has 2 N–H and O–H groups in total. The number of ether oxygens (including phenoxy) is 1. The van der Waals surface area contributed by atoms with Crippen molar-refractivity contribution in [3.8, 4) is 0 Å². The monoisotopic (exact) mass is 278 g/mol. The van der Waals surface area contributed by atoms with Crippen molar-refractivity contribution < 1.29 is 31.1 Å². The van der Waals surface area contributed by atoms with Gasteiger partial charge in [0.1, 0.15) is 12.6 Å². The lowest BCUT2D eigenvalue weighted by Crippen LogP contribution is -2.47. The number of rotatable bonds is 6. The molecule has 17 heavy (non-hydrogen) atoms. The summed E-state index contributed by atoms with van der Waals surface area (Å²) in [5, 5.41) is 0. The summed E-state index contributed by atoms with van der Waals surface area (Å²) in [6, 6.07) is -1.26. The minimum absolute atomic E-state index is 0.0425. The molecule has 0 radical (unpaired) electrons. The van der Waals surface area contributed by atoms with Crippen molar-refractivity contribution in [1.29, 1.82) is 0 Å². The normalized spacial score (nSPS) is 14.4. The summed E-state index contributed by atoms with van der Waals surface area (Å²) in [6.45, 7) is 1.00. The highest BCUT2D eigenvalue weighted by molar-refractivity contribution is 7.87. The summed E-state index contributed by atoms with van der Waals surface area (Å²) in [7, 11) is -4.40. The van der Waals surface area contributed by atoms with E-state index in [-0.39, 0.29) is 6.61 Å². The third kappa shape index (κ3) is 7.94. The van der Waals surface area contributed by atoms with Crippen LogP contribution in [0.2, 0.25) is 0 Å². The van der Waals surface area contributed by atoms with Gasteiger partial charge in [-0.25, -0.2) is 0 Å². The first-order valence-electron chi connectivity index (χ1n) is 4.57. The molecular weight excluding hydrogens is 265 g/mol. The lowest BCUT2D eigenvalue weighted by molar-refractivity contribution is -0.144. The number of alkyl halides is 3. The highest BCUT2D eigenvalue weighted by Crippen LogP contribution is 2.12. The minimum atomic E-state index is -4.66. The molecule has 0 fully saturated rings. The van der Waals surface area contributed by atoms with E-state index in [1.807, 2.05) is 0 Å². The molecule has 0 spiro atoms. The molecule has 0 aliphatic heterocycles. The topological polar surface area (TPSA) is 84.5 Å². The van der Waals surface area contributed by atoms with E-state index in [1.165, 1.54) is 11.6 Å². The number of carbonyl (C=O) groups excluding carboxylic acids is 1. The highest BCUT2D eigenvalue weighted by atomic mass is 32.2. The Morgan fingerprint density at radius 3 is 2.35 bits per heavy atom. The quantitative estimate of drug-likeness (QED) is 0.666. The van der Waals surface area contributed by atoms with Gasteiger partial charge in [0.2, 0.25) is 0 Å². The van der Waals surface area contributed by atoms with Gasteiger partial charge in [0.25, 0.3) is 10.2 Å². The third-order valence-corrected chi connectivity index (χ3v) is 2.62. The summed E-state index contributed by atoms with van der Waals surface area (Å²) >= 11 is 0. The molecule has 1 unspecified atom stereocenters. The zero-order valence-corrected chi connectivity index (χ0v) is 9.98. The van der Waals surface area contributed by atoms with Crippen LogP contribution < -0.4 is 9.44 Å². The van der Waals surface area contributed by atoms with E-state index in [0.29, 0.717) is 0 Å². The van der Waals surface area contributed by atoms with Crippen LogP contribution in [0, 0.1) is 0 Å². The fourth-order valence-electron chi connectivity index (χ4n) is 0.767. The molecule has 1 atom stereocenters. The maximum Gasteiger partial charge on any atom is 0.402 e. The van der Waals surface area contributed by atoms with Gasteiger partial charge in [0, 0.05) is 0 Å². The van der Waals surface area contributed by atoms with Crippen LogP contribution in [-0.2, 0) is 19.7 Å². The summed E-state index contributed by atoms with van der Waals surface area (Å²) in [5.41, 5.74) is 0. The average molecular weight is 278 g/mol.